The van der Waals surface area contributed by atoms with Crippen LogP contribution in [0.4, 0.5) is 0 Å². The van der Waals surface area contributed by atoms with E-state index in [0.29, 0.717) is 0 Å². The Kier molecular flexibility index (Phi) is 1.91. The van der Waals surface area contributed by atoms with E-state index in [1.165, 1.54) is 27.9 Å². The monoisotopic (exact) mass is 104 g/mol. The van der Waals surface area contributed by atoms with E-state index in [0.717, 1.165) is 3.79 Å². The van der Waals surface area contributed by atoms with Crippen molar-refractivity contribution in [3.8, 4) is 0 Å². The maximum atomic E-state index is 3.88. The minimum absolute atomic E-state index is 1.15. The van der Waals surface area contributed by atoms with Crippen molar-refractivity contribution in [1.29, 1.82) is 0 Å². The van der Waals surface area contributed by atoms with Gasteiger partial charge in [0.2, 0.25) is 0 Å². The van der Waals surface area contributed by atoms with Crippen LogP contribution in [-0.4, -0.2) is 37.5 Å². The Morgan fingerprint density at radius 1 is 1.71 bits per heavy atom. The fraction of sp³-hybridized carbons (Fsp3) is 0.250. The molecule has 0 spiro atoms. The molecule has 0 aliphatic rings. The standard InChI is InChI=1S/C4H5N2.Na/c1-6-3-2-5-4-6;/h2-4H,1H2;. The zero-order valence-corrected chi connectivity index (χ0v) is 6.33. The molecule has 32 valence electrons. The third-order valence-corrected chi connectivity index (χ3v) is 1.65. The van der Waals surface area contributed by atoms with E-state index in [-0.39, 0.29) is 0 Å². The first kappa shape index (κ1) is 5.35. The second-order valence-electron chi connectivity index (χ2n) is 1.39. The first-order chi connectivity index (χ1) is 3.43. The molecule has 0 saturated carbocycles. The predicted molar refractivity (Wildman–Crippen MR) is 28.0 cm³/mol. The van der Waals surface area contributed by atoms with Crippen LogP contribution in [-0.2, 0) is 3.79 Å². The molecule has 0 aliphatic carbocycles. The second-order valence-corrected chi connectivity index (χ2v) is 2.03. The van der Waals surface area contributed by atoms with Gasteiger partial charge in [-0.2, -0.15) is 0 Å². The third kappa shape index (κ3) is 1.30. The van der Waals surface area contributed by atoms with E-state index in [1.807, 2.05) is 12.5 Å². The summed E-state index contributed by atoms with van der Waals surface area (Å²) in [6.45, 7) is 0. The number of aromatic nitrogens is 2. The van der Waals surface area contributed by atoms with Gasteiger partial charge in [-0.15, -0.1) is 0 Å². The van der Waals surface area contributed by atoms with E-state index < -0.39 is 0 Å². The Morgan fingerprint density at radius 3 is 2.86 bits per heavy atom. The van der Waals surface area contributed by atoms with E-state index in [4.69, 9.17) is 0 Å². The number of imidazole rings is 1. The van der Waals surface area contributed by atoms with E-state index >= 15 is 0 Å². The predicted octanol–water partition coefficient (Wildman–Crippen LogP) is 0.00910. The van der Waals surface area contributed by atoms with Gasteiger partial charge in [0.05, 0.1) is 0 Å². The molecule has 1 heterocycles. The Morgan fingerprint density at radius 2 is 2.57 bits per heavy atom. The van der Waals surface area contributed by atoms with Gasteiger partial charge in [-0.25, -0.2) is 0 Å². The fourth-order valence-electron chi connectivity index (χ4n) is 0.474. The summed E-state index contributed by atoms with van der Waals surface area (Å²) in [5, 5.41) is 0. The fourth-order valence-corrected chi connectivity index (χ4v) is 0.848. The van der Waals surface area contributed by atoms with E-state index in [2.05, 4.69) is 9.55 Å². The van der Waals surface area contributed by atoms with Gasteiger partial charge < -0.3 is 0 Å². The van der Waals surface area contributed by atoms with Crippen molar-refractivity contribution < 1.29 is 0 Å². The van der Waals surface area contributed by atoms with Crippen LogP contribution in [0.1, 0.15) is 0 Å². The summed E-state index contributed by atoms with van der Waals surface area (Å²) in [6, 6.07) is 0. The Bertz CT molecular complexity index is 124. The quantitative estimate of drug-likeness (QED) is 0.459. The van der Waals surface area contributed by atoms with Crippen LogP contribution < -0.4 is 0 Å². The molecule has 1 aromatic heterocycles. The Hall–Kier alpha value is 0.210. The normalized spacial score (nSPS) is 9.43. The van der Waals surface area contributed by atoms with E-state index in [9.17, 15) is 0 Å². The molecule has 0 amide bonds. The van der Waals surface area contributed by atoms with Crippen molar-refractivity contribution in [2.75, 3.05) is 0 Å². The Balaban J connectivity index is 2.76. The first-order valence-corrected chi connectivity index (χ1v) is 3.80. The summed E-state index contributed by atoms with van der Waals surface area (Å²) in [5.41, 5.74) is 0. The molecule has 3 heteroatoms. The molecule has 7 heavy (non-hydrogen) atoms. The molecule has 0 aliphatic heterocycles. The van der Waals surface area contributed by atoms with Crippen LogP contribution in [0.5, 0.6) is 0 Å². The van der Waals surface area contributed by atoms with Crippen LogP contribution in [0.2, 0.25) is 0 Å². The molecule has 1 rings (SSSR count). The van der Waals surface area contributed by atoms with Crippen molar-refractivity contribution in [2.24, 2.45) is 0 Å². The van der Waals surface area contributed by atoms with Crippen molar-refractivity contribution >= 4 is 27.9 Å². The van der Waals surface area contributed by atoms with Crippen molar-refractivity contribution in [3.63, 3.8) is 0 Å². The van der Waals surface area contributed by atoms with Crippen LogP contribution in [0.15, 0.2) is 18.7 Å². The summed E-state index contributed by atoms with van der Waals surface area (Å²) in [5.74, 6) is 0. The second kappa shape index (κ2) is 2.50. The van der Waals surface area contributed by atoms with Gasteiger partial charge in [-0.1, -0.05) is 0 Å². The summed E-state index contributed by atoms with van der Waals surface area (Å²) in [4.78, 5) is 3.88. The zero-order valence-electron chi connectivity index (χ0n) is 4.33. The van der Waals surface area contributed by atoms with Gasteiger partial charge in [0, 0.05) is 0 Å². The molecular weight excluding hydrogens is 99.0 g/mol. The van der Waals surface area contributed by atoms with Crippen LogP contribution in [0.25, 0.3) is 0 Å². The molecule has 0 saturated heterocycles. The number of hydrogen-bond acceptors (Lipinski definition) is 1. The molecule has 1 aromatic rings. The minimum atomic E-state index is 1.15. The van der Waals surface area contributed by atoms with Crippen molar-refractivity contribution in [3.05, 3.63) is 18.7 Å². The van der Waals surface area contributed by atoms with Gasteiger partial charge in [-0.05, 0) is 0 Å². The molecule has 0 atom stereocenters. The number of hydrogen-bond donors (Lipinski definition) is 0. The number of rotatable bonds is 1. The summed E-state index contributed by atoms with van der Waals surface area (Å²) in [7, 11) is 0. The third-order valence-electron chi connectivity index (χ3n) is 0.924. The Labute approximate surface area is 60.0 Å². The molecular formula is C4H5N2Na. The van der Waals surface area contributed by atoms with Gasteiger partial charge in [0.1, 0.15) is 0 Å². The summed E-state index contributed by atoms with van der Waals surface area (Å²) in [6.07, 6.45) is 5.62. The van der Waals surface area contributed by atoms with Gasteiger partial charge in [0.25, 0.3) is 0 Å². The zero-order chi connectivity index (χ0) is 5.11. The number of nitrogens with zero attached hydrogens (tertiary/aromatic N) is 2. The average Bonchev–Trinajstić information content (AvgIpc) is 2.14. The molecule has 0 bridgehead atoms. The maximum absolute atomic E-state index is 3.88. The molecule has 0 N–H and O–H groups in total. The van der Waals surface area contributed by atoms with Gasteiger partial charge >= 0.3 is 60.0 Å². The van der Waals surface area contributed by atoms with E-state index in [1.54, 1.807) is 6.20 Å². The topological polar surface area (TPSA) is 17.8 Å². The van der Waals surface area contributed by atoms with Crippen LogP contribution >= 0.6 is 0 Å². The summed E-state index contributed by atoms with van der Waals surface area (Å²) < 4.78 is 3.23. The first-order valence-electron chi connectivity index (χ1n) is 2.39. The average molecular weight is 104 g/mol. The van der Waals surface area contributed by atoms with Gasteiger partial charge in [0.15, 0.2) is 0 Å². The SMILES string of the molecule is [Na][CH2]n1ccnc1. The molecule has 0 unspecified atom stereocenters. The summed E-state index contributed by atoms with van der Waals surface area (Å²) >= 11 is 1.21. The van der Waals surface area contributed by atoms with Crippen molar-refractivity contribution in [1.82, 2.24) is 9.55 Å². The van der Waals surface area contributed by atoms with Crippen molar-refractivity contribution in [2.45, 2.75) is 3.79 Å². The molecule has 0 aromatic carbocycles. The molecule has 0 fully saturated rings. The van der Waals surface area contributed by atoms with Crippen LogP contribution in [0, 0.1) is 0 Å². The van der Waals surface area contributed by atoms with Crippen LogP contribution in [0.3, 0.4) is 0 Å². The molecule has 0 radical (unpaired) electrons. The van der Waals surface area contributed by atoms with Gasteiger partial charge in [-0.3, -0.25) is 0 Å². The molecule has 2 nitrogen and oxygen atoms in total.